The van der Waals surface area contributed by atoms with Crippen molar-refractivity contribution >= 4 is 19.2 Å². The maximum absolute atomic E-state index is 13.5. The molecule has 1 heterocycles. The number of halogens is 1. The minimum Gasteiger partial charge on any atom is -0.438 e. The summed E-state index contributed by atoms with van der Waals surface area (Å²) in [5.41, 5.74) is -1.16. The lowest BCUT2D eigenvalue weighted by molar-refractivity contribution is -0.169. The molecule has 1 N–H and O–H groups in total. The van der Waals surface area contributed by atoms with E-state index in [-0.39, 0.29) is 19.1 Å². The lowest BCUT2D eigenvalue weighted by Crippen LogP contribution is -2.42. The molecule has 1 aliphatic heterocycles. The summed E-state index contributed by atoms with van der Waals surface area (Å²) >= 11 is 0. The van der Waals surface area contributed by atoms with Crippen molar-refractivity contribution in [3.63, 3.8) is 0 Å². The summed E-state index contributed by atoms with van der Waals surface area (Å²) in [5, 5.41) is 10.3. The van der Waals surface area contributed by atoms with Crippen LogP contribution < -0.4 is 0 Å². The van der Waals surface area contributed by atoms with Gasteiger partial charge in [-0.2, -0.15) is 0 Å². The lowest BCUT2D eigenvalue weighted by Gasteiger charge is -2.32. The molecule has 1 saturated heterocycles. The van der Waals surface area contributed by atoms with Gasteiger partial charge >= 0.3 is 5.97 Å². The normalized spacial score (nSPS) is 20.0. The highest BCUT2D eigenvalue weighted by Crippen LogP contribution is 2.55. The van der Waals surface area contributed by atoms with E-state index in [9.17, 15) is 23.8 Å². The molecule has 1 aromatic rings. The standard InChI is InChI=1S/C19H27FNO6P/c1-19(2,3)18(23)26-13-27-28(25,16-8-5-10-21(24)17(16)22)11-9-14-6-4-7-15(20)12-14/h4,6-7,12,16,24H,5,8-11,13H2,1-3H3. The Hall–Kier alpha value is -1.76. The quantitative estimate of drug-likeness (QED) is 0.317. The number of ether oxygens (including phenoxy) is 1. The second kappa shape index (κ2) is 9.16. The third kappa shape index (κ3) is 5.87. The molecule has 1 aliphatic rings. The second-order valence-corrected chi connectivity index (χ2v) is 10.7. The molecule has 0 aromatic heterocycles. The molecule has 0 saturated carbocycles. The highest BCUT2D eigenvalue weighted by molar-refractivity contribution is 7.60. The Balaban J connectivity index is 2.13. The summed E-state index contributed by atoms with van der Waals surface area (Å²) in [7, 11) is -3.63. The van der Waals surface area contributed by atoms with Gasteiger partial charge in [-0.05, 0) is 57.7 Å². The third-order valence-corrected chi connectivity index (χ3v) is 7.35. The minimum absolute atomic E-state index is 0.0340. The Morgan fingerprint density at radius 1 is 1.39 bits per heavy atom. The Morgan fingerprint density at radius 3 is 2.75 bits per heavy atom. The SMILES string of the molecule is CC(C)(C)C(=O)OCOP(=O)(CCc1cccc(F)c1)C1CCCN(O)C1=O. The average Bonchev–Trinajstić information content (AvgIpc) is 2.61. The van der Waals surface area contributed by atoms with E-state index >= 15 is 0 Å². The second-order valence-electron chi connectivity index (χ2n) is 7.88. The van der Waals surface area contributed by atoms with Crippen LogP contribution in [0.4, 0.5) is 4.39 Å². The number of hydrogen-bond acceptors (Lipinski definition) is 6. The summed E-state index contributed by atoms with van der Waals surface area (Å²) < 4.78 is 37.5. The fourth-order valence-electron chi connectivity index (χ4n) is 2.88. The highest BCUT2D eigenvalue weighted by atomic mass is 31.2. The van der Waals surface area contributed by atoms with Crippen molar-refractivity contribution in [2.75, 3.05) is 19.5 Å². The number of amides is 1. The number of esters is 1. The van der Waals surface area contributed by atoms with Crippen molar-refractivity contribution in [1.82, 2.24) is 5.06 Å². The zero-order valence-electron chi connectivity index (χ0n) is 16.4. The molecular formula is C19H27FNO6P. The van der Waals surface area contributed by atoms with Gasteiger partial charge in [-0.25, -0.2) is 9.45 Å². The van der Waals surface area contributed by atoms with Crippen molar-refractivity contribution in [3.8, 4) is 0 Å². The van der Waals surface area contributed by atoms with E-state index in [1.165, 1.54) is 12.1 Å². The van der Waals surface area contributed by atoms with Gasteiger partial charge in [0.25, 0.3) is 5.91 Å². The van der Waals surface area contributed by atoms with Gasteiger partial charge in [-0.15, -0.1) is 0 Å². The molecule has 7 nitrogen and oxygen atoms in total. The summed E-state index contributed by atoms with van der Waals surface area (Å²) in [4.78, 5) is 24.3. The molecule has 0 spiro atoms. The van der Waals surface area contributed by atoms with Crippen LogP contribution >= 0.6 is 7.37 Å². The monoisotopic (exact) mass is 415 g/mol. The molecular weight excluding hydrogens is 388 g/mol. The van der Waals surface area contributed by atoms with Crippen LogP contribution in [0, 0.1) is 11.2 Å². The molecule has 2 atom stereocenters. The topological polar surface area (TPSA) is 93.1 Å². The summed E-state index contributed by atoms with van der Waals surface area (Å²) in [5.74, 6) is -1.61. The van der Waals surface area contributed by atoms with Gasteiger partial charge in [0.05, 0.1) is 5.41 Å². The first-order chi connectivity index (χ1) is 13.0. The van der Waals surface area contributed by atoms with Crippen LogP contribution in [0.15, 0.2) is 24.3 Å². The summed E-state index contributed by atoms with van der Waals surface area (Å²) in [6.45, 7) is 4.64. The molecule has 0 bridgehead atoms. The number of piperidine rings is 1. The van der Waals surface area contributed by atoms with Crippen LogP contribution in [0.2, 0.25) is 0 Å². The van der Waals surface area contributed by atoms with E-state index in [0.29, 0.717) is 23.5 Å². The summed E-state index contributed by atoms with van der Waals surface area (Å²) in [6.07, 6.45) is 0.955. The van der Waals surface area contributed by atoms with Gasteiger partial charge in [-0.3, -0.25) is 23.9 Å². The fraction of sp³-hybridized carbons (Fsp3) is 0.579. The molecule has 28 heavy (non-hydrogen) atoms. The molecule has 2 rings (SSSR count). The number of rotatable bonds is 7. The summed E-state index contributed by atoms with van der Waals surface area (Å²) in [6, 6.07) is 5.86. The smallest absolute Gasteiger partial charge is 0.313 e. The molecule has 9 heteroatoms. The first-order valence-electron chi connectivity index (χ1n) is 9.18. The van der Waals surface area contributed by atoms with Gasteiger partial charge in [0.2, 0.25) is 7.37 Å². The molecule has 0 aliphatic carbocycles. The zero-order chi connectivity index (χ0) is 20.9. The number of benzene rings is 1. The maximum Gasteiger partial charge on any atom is 0.313 e. The zero-order valence-corrected chi connectivity index (χ0v) is 17.3. The van der Waals surface area contributed by atoms with Gasteiger partial charge < -0.3 is 4.74 Å². The largest absolute Gasteiger partial charge is 0.438 e. The van der Waals surface area contributed by atoms with E-state index < -0.39 is 42.9 Å². The third-order valence-electron chi connectivity index (χ3n) is 4.54. The molecule has 1 amide bonds. The predicted molar refractivity (Wildman–Crippen MR) is 101 cm³/mol. The predicted octanol–water partition coefficient (Wildman–Crippen LogP) is 3.59. The van der Waals surface area contributed by atoms with Gasteiger partial charge in [-0.1, -0.05) is 12.1 Å². The minimum atomic E-state index is -3.63. The van der Waals surface area contributed by atoms with Crippen molar-refractivity contribution in [2.45, 2.75) is 45.7 Å². The molecule has 2 unspecified atom stereocenters. The van der Waals surface area contributed by atoms with E-state index in [4.69, 9.17) is 9.26 Å². The number of carbonyl (C=O) groups is 2. The van der Waals surface area contributed by atoms with E-state index in [2.05, 4.69) is 0 Å². The Labute approximate surface area is 164 Å². The first kappa shape index (κ1) is 22.5. The van der Waals surface area contributed by atoms with Gasteiger partial charge in [0.1, 0.15) is 11.5 Å². The maximum atomic E-state index is 13.5. The Bertz CT molecular complexity index is 763. The van der Waals surface area contributed by atoms with Crippen molar-refractivity contribution in [2.24, 2.45) is 5.41 Å². The van der Waals surface area contributed by atoms with E-state index in [1.54, 1.807) is 32.9 Å². The number of nitrogens with zero attached hydrogens (tertiary/aromatic N) is 1. The van der Waals surface area contributed by atoms with Crippen molar-refractivity contribution in [3.05, 3.63) is 35.6 Å². The molecule has 1 fully saturated rings. The fourth-order valence-corrected chi connectivity index (χ4v) is 5.35. The average molecular weight is 415 g/mol. The molecule has 1 aromatic carbocycles. The van der Waals surface area contributed by atoms with Crippen LogP contribution in [0.1, 0.15) is 39.2 Å². The van der Waals surface area contributed by atoms with Gasteiger partial charge in [0.15, 0.2) is 6.79 Å². The number of aryl methyl sites for hydroxylation is 1. The Morgan fingerprint density at radius 2 is 2.11 bits per heavy atom. The number of hydroxylamine groups is 2. The lowest BCUT2D eigenvalue weighted by atomic mass is 9.98. The van der Waals surface area contributed by atoms with Crippen LogP contribution in [0.5, 0.6) is 0 Å². The number of carbonyl (C=O) groups excluding carboxylic acids is 2. The number of hydrogen-bond donors (Lipinski definition) is 1. The van der Waals surface area contributed by atoms with Crippen LogP contribution in [0.3, 0.4) is 0 Å². The van der Waals surface area contributed by atoms with Crippen LogP contribution in [-0.2, 0) is 29.8 Å². The molecule has 0 radical (unpaired) electrons. The highest BCUT2D eigenvalue weighted by Gasteiger charge is 2.43. The van der Waals surface area contributed by atoms with Crippen LogP contribution in [-0.4, -0.2) is 47.3 Å². The molecule has 156 valence electrons. The van der Waals surface area contributed by atoms with Gasteiger partial charge in [0, 0.05) is 12.7 Å². The van der Waals surface area contributed by atoms with Crippen LogP contribution in [0.25, 0.3) is 0 Å². The van der Waals surface area contributed by atoms with E-state index in [0.717, 1.165) is 0 Å². The first-order valence-corrected chi connectivity index (χ1v) is 11.1. The van der Waals surface area contributed by atoms with E-state index in [1.807, 2.05) is 0 Å². The van der Waals surface area contributed by atoms with Crippen molar-refractivity contribution < 1.29 is 33.0 Å². The Kier molecular flexibility index (Phi) is 7.37. The van der Waals surface area contributed by atoms with Crippen molar-refractivity contribution in [1.29, 1.82) is 0 Å².